The molecule has 0 radical (unpaired) electrons. The molecule has 6 heteroatoms. The standard InChI is InChI=1S/C13H15BrN4S/c1-7-4-5-10(9(14)6-7)16-13-11(12(15)19)8(2)17-18(13)3/h4-6,16H,1-3H3,(H2,15,19). The van der Waals surface area contributed by atoms with Crippen LogP contribution in [0.3, 0.4) is 0 Å². The predicted molar refractivity (Wildman–Crippen MR) is 86.0 cm³/mol. The highest BCUT2D eigenvalue weighted by molar-refractivity contribution is 9.10. The summed E-state index contributed by atoms with van der Waals surface area (Å²) >= 11 is 8.63. The van der Waals surface area contributed by atoms with Gasteiger partial charge in [0.1, 0.15) is 10.8 Å². The fourth-order valence-electron chi connectivity index (χ4n) is 1.95. The van der Waals surface area contributed by atoms with E-state index in [9.17, 15) is 0 Å². The normalized spacial score (nSPS) is 10.5. The van der Waals surface area contributed by atoms with Crippen molar-refractivity contribution in [1.82, 2.24) is 9.78 Å². The molecule has 0 saturated carbocycles. The lowest BCUT2D eigenvalue weighted by Gasteiger charge is -2.11. The number of rotatable bonds is 3. The highest BCUT2D eigenvalue weighted by Crippen LogP contribution is 2.29. The molecule has 1 aromatic carbocycles. The summed E-state index contributed by atoms with van der Waals surface area (Å²) < 4.78 is 2.73. The molecule has 2 rings (SSSR count). The molecule has 1 heterocycles. The number of halogens is 1. The van der Waals surface area contributed by atoms with E-state index in [1.54, 1.807) is 4.68 Å². The highest BCUT2D eigenvalue weighted by atomic mass is 79.9. The Kier molecular flexibility index (Phi) is 3.91. The number of nitrogens with one attached hydrogen (secondary N) is 1. The Bertz CT molecular complexity index is 648. The average Bonchev–Trinajstić information content (AvgIpc) is 2.57. The topological polar surface area (TPSA) is 55.9 Å². The molecular weight excluding hydrogens is 324 g/mol. The van der Waals surface area contributed by atoms with Crippen LogP contribution in [0, 0.1) is 13.8 Å². The molecule has 0 aliphatic heterocycles. The van der Waals surface area contributed by atoms with Crippen LogP contribution in [0.1, 0.15) is 16.8 Å². The first-order valence-electron chi connectivity index (χ1n) is 5.76. The number of nitrogens with two attached hydrogens (primary N) is 1. The summed E-state index contributed by atoms with van der Waals surface area (Å²) in [5.41, 5.74) is 9.51. The van der Waals surface area contributed by atoms with Gasteiger partial charge in [0.25, 0.3) is 0 Å². The van der Waals surface area contributed by atoms with Crippen molar-refractivity contribution in [1.29, 1.82) is 0 Å². The van der Waals surface area contributed by atoms with Crippen molar-refractivity contribution < 1.29 is 0 Å². The predicted octanol–water partition coefficient (Wildman–Crippen LogP) is 3.18. The monoisotopic (exact) mass is 338 g/mol. The van der Waals surface area contributed by atoms with Crippen LogP contribution in [-0.4, -0.2) is 14.8 Å². The maximum atomic E-state index is 5.77. The molecule has 100 valence electrons. The SMILES string of the molecule is Cc1ccc(Nc2c(C(N)=S)c(C)nn2C)c(Br)c1. The summed E-state index contributed by atoms with van der Waals surface area (Å²) in [7, 11) is 1.86. The molecule has 0 saturated heterocycles. The molecule has 0 atom stereocenters. The van der Waals surface area contributed by atoms with Gasteiger partial charge in [0, 0.05) is 11.5 Å². The molecule has 2 aromatic rings. The second-order valence-electron chi connectivity index (χ2n) is 4.41. The molecule has 0 aliphatic carbocycles. The zero-order valence-electron chi connectivity index (χ0n) is 11.0. The Morgan fingerprint density at radius 1 is 1.42 bits per heavy atom. The number of benzene rings is 1. The molecule has 0 aliphatic rings. The van der Waals surface area contributed by atoms with Crippen LogP contribution in [0.4, 0.5) is 11.5 Å². The highest BCUT2D eigenvalue weighted by Gasteiger charge is 2.16. The number of aryl methyl sites for hydroxylation is 3. The quantitative estimate of drug-likeness (QED) is 0.844. The lowest BCUT2D eigenvalue weighted by Crippen LogP contribution is -2.13. The van der Waals surface area contributed by atoms with Crippen LogP contribution in [0.15, 0.2) is 22.7 Å². The van der Waals surface area contributed by atoms with Crippen molar-refractivity contribution in [2.45, 2.75) is 13.8 Å². The molecule has 0 bridgehead atoms. The lowest BCUT2D eigenvalue weighted by molar-refractivity contribution is 0.765. The summed E-state index contributed by atoms with van der Waals surface area (Å²) in [4.78, 5) is 0.344. The summed E-state index contributed by atoms with van der Waals surface area (Å²) in [6.07, 6.45) is 0. The van der Waals surface area contributed by atoms with Gasteiger partial charge in [-0.2, -0.15) is 5.10 Å². The lowest BCUT2D eigenvalue weighted by atomic mass is 10.2. The van der Waals surface area contributed by atoms with Crippen molar-refractivity contribution in [3.63, 3.8) is 0 Å². The fraction of sp³-hybridized carbons (Fsp3) is 0.231. The minimum atomic E-state index is 0.344. The first-order valence-corrected chi connectivity index (χ1v) is 6.97. The number of thiocarbonyl (C=S) groups is 1. The number of aromatic nitrogens is 2. The van der Waals surface area contributed by atoms with Crippen molar-refractivity contribution in [2.75, 3.05) is 5.32 Å². The summed E-state index contributed by atoms with van der Waals surface area (Å²) in [6, 6.07) is 6.09. The van der Waals surface area contributed by atoms with Gasteiger partial charge < -0.3 is 11.1 Å². The number of anilines is 2. The van der Waals surface area contributed by atoms with E-state index in [2.05, 4.69) is 26.3 Å². The van der Waals surface area contributed by atoms with E-state index >= 15 is 0 Å². The molecule has 0 amide bonds. The van der Waals surface area contributed by atoms with Gasteiger partial charge in [0.05, 0.1) is 16.9 Å². The second kappa shape index (κ2) is 5.30. The van der Waals surface area contributed by atoms with Gasteiger partial charge in [-0.1, -0.05) is 18.3 Å². The Hall–Kier alpha value is -1.40. The van der Waals surface area contributed by atoms with Gasteiger partial charge in [0.2, 0.25) is 0 Å². The molecule has 0 fully saturated rings. The minimum Gasteiger partial charge on any atom is -0.389 e. The Morgan fingerprint density at radius 2 is 2.11 bits per heavy atom. The van der Waals surface area contributed by atoms with E-state index in [4.69, 9.17) is 18.0 Å². The van der Waals surface area contributed by atoms with E-state index in [0.717, 1.165) is 27.2 Å². The minimum absolute atomic E-state index is 0.344. The fourth-order valence-corrected chi connectivity index (χ4v) is 2.78. The van der Waals surface area contributed by atoms with Crippen molar-refractivity contribution in [3.05, 3.63) is 39.5 Å². The van der Waals surface area contributed by atoms with Gasteiger partial charge in [-0.05, 0) is 47.5 Å². The van der Waals surface area contributed by atoms with E-state index in [1.165, 1.54) is 5.56 Å². The van der Waals surface area contributed by atoms with Gasteiger partial charge in [-0.25, -0.2) is 0 Å². The van der Waals surface area contributed by atoms with Crippen molar-refractivity contribution in [2.24, 2.45) is 12.8 Å². The van der Waals surface area contributed by atoms with Crippen molar-refractivity contribution >= 4 is 44.6 Å². The third kappa shape index (κ3) is 2.79. The molecular formula is C13H15BrN4S. The molecule has 4 nitrogen and oxygen atoms in total. The summed E-state index contributed by atoms with van der Waals surface area (Å²) in [5, 5.41) is 7.67. The van der Waals surface area contributed by atoms with Gasteiger partial charge in [0.15, 0.2) is 0 Å². The third-order valence-corrected chi connectivity index (χ3v) is 3.71. The first-order chi connectivity index (χ1) is 8.90. The molecule has 1 aromatic heterocycles. The Labute approximate surface area is 126 Å². The van der Waals surface area contributed by atoms with Gasteiger partial charge in [-0.15, -0.1) is 0 Å². The maximum Gasteiger partial charge on any atom is 0.138 e. The molecule has 3 N–H and O–H groups in total. The zero-order valence-corrected chi connectivity index (χ0v) is 13.4. The van der Waals surface area contributed by atoms with Crippen LogP contribution >= 0.6 is 28.1 Å². The maximum absolute atomic E-state index is 5.77. The summed E-state index contributed by atoms with van der Waals surface area (Å²) in [5.74, 6) is 0.801. The number of nitrogens with zero attached hydrogens (tertiary/aromatic N) is 2. The Balaban J connectivity index is 2.46. The van der Waals surface area contributed by atoms with E-state index in [-0.39, 0.29) is 0 Å². The van der Waals surface area contributed by atoms with Crippen LogP contribution < -0.4 is 11.1 Å². The molecule has 0 unspecified atom stereocenters. The van der Waals surface area contributed by atoms with Crippen molar-refractivity contribution in [3.8, 4) is 0 Å². The van der Waals surface area contributed by atoms with Gasteiger partial charge >= 0.3 is 0 Å². The molecule has 19 heavy (non-hydrogen) atoms. The van der Waals surface area contributed by atoms with Crippen LogP contribution in [0.25, 0.3) is 0 Å². The number of hydrogen-bond donors (Lipinski definition) is 2. The van der Waals surface area contributed by atoms with E-state index < -0.39 is 0 Å². The average molecular weight is 339 g/mol. The smallest absolute Gasteiger partial charge is 0.138 e. The Morgan fingerprint density at radius 3 is 2.68 bits per heavy atom. The third-order valence-electron chi connectivity index (χ3n) is 2.85. The van der Waals surface area contributed by atoms with Crippen LogP contribution in [0.5, 0.6) is 0 Å². The van der Waals surface area contributed by atoms with Crippen LogP contribution in [0.2, 0.25) is 0 Å². The second-order valence-corrected chi connectivity index (χ2v) is 5.70. The number of hydrogen-bond acceptors (Lipinski definition) is 3. The summed E-state index contributed by atoms with van der Waals surface area (Å²) in [6.45, 7) is 3.94. The van der Waals surface area contributed by atoms with Crippen LogP contribution in [-0.2, 0) is 7.05 Å². The molecule has 0 spiro atoms. The van der Waals surface area contributed by atoms with E-state index in [0.29, 0.717) is 4.99 Å². The van der Waals surface area contributed by atoms with E-state index in [1.807, 2.05) is 39.1 Å². The first kappa shape index (κ1) is 14.0. The van der Waals surface area contributed by atoms with Gasteiger partial charge in [-0.3, -0.25) is 4.68 Å². The zero-order chi connectivity index (χ0) is 14.2. The largest absolute Gasteiger partial charge is 0.389 e.